The summed E-state index contributed by atoms with van der Waals surface area (Å²) in [5, 5.41) is 12.2. The zero-order chi connectivity index (χ0) is 19.7. The molecule has 0 spiro atoms. The predicted octanol–water partition coefficient (Wildman–Crippen LogP) is 2.94. The number of carbonyl (C=O) groups excluding carboxylic acids is 1. The molecule has 1 aliphatic heterocycles. The van der Waals surface area contributed by atoms with E-state index in [0.29, 0.717) is 18.8 Å². The number of halogens is 2. The molecule has 2 heterocycles. The lowest BCUT2D eigenvalue weighted by Crippen LogP contribution is -2.32. The van der Waals surface area contributed by atoms with Gasteiger partial charge in [-0.05, 0) is 30.7 Å². The number of tetrazole rings is 1. The minimum Gasteiger partial charge on any atom is -0.340 e. The van der Waals surface area contributed by atoms with Gasteiger partial charge >= 0.3 is 0 Å². The molecule has 0 aliphatic carbocycles. The molecule has 2 aromatic carbocycles. The van der Waals surface area contributed by atoms with Gasteiger partial charge in [-0.15, -0.1) is 10.2 Å². The Hall–Kier alpha value is -3.16. The summed E-state index contributed by atoms with van der Waals surface area (Å²) in [6.45, 7) is 2.64. The summed E-state index contributed by atoms with van der Waals surface area (Å²) < 4.78 is 28.0. The first kappa shape index (κ1) is 18.2. The molecule has 6 nitrogen and oxygen atoms in total. The van der Waals surface area contributed by atoms with Crippen LogP contribution in [0.5, 0.6) is 0 Å². The van der Waals surface area contributed by atoms with E-state index in [-0.39, 0.29) is 30.5 Å². The molecule has 1 unspecified atom stereocenters. The maximum absolute atomic E-state index is 14.0. The Morgan fingerprint density at radius 2 is 1.86 bits per heavy atom. The van der Waals surface area contributed by atoms with Crippen LogP contribution in [-0.4, -0.2) is 44.1 Å². The van der Waals surface area contributed by atoms with E-state index in [9.17, 15) is 13.6 Å². The van der Waals surface area contributed by atoms with Gasteiger partial charge in [0.15, 0.2) is 0 Å². The SMILES string of the molecule is Cc1ccc(-c2nnn(CC(=O)N3CCC(c4c(F)cccc4F)C3)n2)cc1. The summed E-state index contributed by atoms with van der Waals surface area (Å²) in [7, 11) is 0. The van der Waals surface area contributed by atoms with E-state index in [4.69, 9.17) is 0 Å². The van der Waals surface area contributed by atoms with Crippen molar-refractivity contribution in [3.8, 4) is 11.4 Å². The molecule has 3 aromatic rings. The first-order valence-corrected chi connectivity index (χ1v) is 9.08. The van der Waals surface area contributed by atoms with Crippen LogP contribution in [0.3, 0.4) is 0 Å². The number of likely N-dealkylation sites (tertiary alicyclic amines) is 1. The summed E-state index contributed by atoms with van der Waals surface area (Å²) >= 11 is 0. The highest BCUT2D eigenvalue weighted by atomic mass is 19.1. The fourth-order valence-corrected chi connectivity index (χ4v) is 3.47. The van der Waals surface area contributed by atoms with E-state index in [0.717, 1.165) is 11.1 Å². The third kappa shape index (κ3) is 3.62. The number of aryl methyl sites for hydroxylation is 1. The van der Waals surface area contributed by atoms with Crippen molar-refractivity contribution >= 4 is 5.91 Å². The zero-order valence-electron chi connectivity index (χ0n) is 15.3. The van der Waals surface area contributed by atoms with Gasteiger partial charge < -0.3 is 4.90 Å². The van der Waals surface area contributed by atoms with Crippen molar-refractivity contribution in [1.29, 1.82) is 0 Å². The summed E-state index contributed by atoms with van der Waals surface area (Å²) in [6, 6.07) is 11.5. The second kappa shape index (κ2) is 7.46. The normalized spacial score (nSPS) is 16.5. The van der Waals surface area contributed by atoms with Crippen LogP contribution in [-0.2, 0) is 11.3 Å². The van der Waals surface area contributed by atoms with Crippen molar-refractivity contribution in [2.75, 3.05) is 13.1 Å². The quantitative estimate of drug-likeness (QED) is 0.695. The molecule has 1 aliphatic rings. The van der Waals surface area contributed by atoms with Crippen molar-refractivity contribution < 1.29 is 13.6 Å². The number of nitrogens with zero attached hydrogens (tertiary/aromatic N) is 5. The summed E-state index contributed by atoms with van der Waals surface area (Å²) in [6.07, 6.45) is 0.517. The summed E-state index contributed by atoms with van der Waals surface area (Å²) in [5.41, 5.74) is 2.00. The molecule has 0 radical (unpaired) electrons. The molecule has 144 valence electrons. The van der Waals surface area contributed by atoms with Gasteiger partial charge in [-0.2, -0.15) is 4.80 Å². The molecule has 28 heavy (non-hydrogen) atoms. The Morgan fingerprint density at radius 3 is 2.57 bits per heavy atom. The van der Waals surface area contributed by atoms with E-state index in [1.54, 1.807) is 4.90 Å². The molecule has 1 aromatic heterocycles. The van der Waals surface area contributed by atoms with E-state index in [1.165, 1.54) is 23.0 Å². The largest absolute Gasteiger partial charge is 0.340 e. The Labute approximate surface area is 160 Å². The highest BCUT2D eigenvalue weighted by Crippen LogP contribution is 2.31. The first-order chi connectivity index (χ1) is 13.5. The number of hydrogen-bond acceptors (Lipinski definition) is 4. The minimum absolute atomic E-state index is 0.0540. The highest BCUT2D eigenvalue weighted by molar-refractivity contribution is 5.76. The first-order valence-electron chi connectivity index (χ1n) is 9.08. The molecule has 1 atom stereocenters. The maximum atomic E-state index is 14.0. The summed E-state index contributed by atoms with van der Waals surface area (Å²) in [4.78, 5) is 15.4. The third-order valence-corrected chi connectivity index (χ3v) is 4.99. The van der Waals surface area contributed by atoms with Crippen molar-refractivity contribution in [2.45, 2.75) is 25.8 Å². The molecule has 0 N–H and O–H groups in total. The number of rotatable bonds is 4. The maximum Gasteiger partial charge on any atom is 0.246 e. The highest BCUT2D eigenvalue weighted by Gasteiger charge is 2.31. The van der Waals surface area contributed by atoms with Gasteiger partial charge in [0.2, 0.25) is 11.7 Å². The summed E-state index contributed by atoms with van der Waals surface area (Å²) in [5.74, 6) is -1.25. The van der Waals surface area contributed by atoms with Gasteiger partial charge in [-0.25, -0.2) is 8.78 Å². The average molecular weight is 383 g/mol. The van der Waals surface area contributed by atoms with Crippen molar-refractivity contribution in [2.24, 2.45) is 0 Å². The van der Waals surface area contributed by atoms with Crippen LogP contribution in [0.1, 0.15) is 23.5 Å². The second-order valence-electron chi connectivity index (χ2n) is 6.97. The molecule has 0 saturated carbocycles. The van der Waals surface area contributed by atoms with Gasteiger partial charge in [-0.1, -0.05) is 35.9 Å². The third-order valence-electron chi connectivity index (χ3n) is 4.99. The molecular weight excluding hydrogens is 364 g/mol. The molecular formula is C20H19F2N5O. The molecule has 4 rings (SSSR count). The van der Waals surface area contributed by atoms with Crippen LogP contribution in [0.2, 0.25) is 0 Å². The Morgan fingerprint density at radius 1 is 1.14 bits per heavy atom. The second-order valence-corrected chi connectivity index (χ2v) is 6.97. The molecule has 1 amide bonds. The molecule has 8 heteroatoms. The molecule has 1 fully saturated rings. The van der Waals surface area contributed by atoms with Crippen LogP contribution in [0, 0.1) is 18.6 Å². The van der Waals surface area contributed by atoms with Crippen LogP contribution in [0.25, 0.3) is 11.4 Å². The fraction of sp³-hybridized carbons (Fsp3) is 0.300. The number of amides is 1. The number of carbonyl (C=O) groups is 1. The monoisotopic (exact) mass is 383 g/mol. The fourth-order valence-electron chi connectivity index (χ4n) is 3.47. The van der Waals surface area contributed by atoms with Crippen molar-refractivity contribution in [3.05, 3.63) is 65.2 Å². The number of benzene rings is 2. The van der Waals surface area contributed by atoms with Gasteiger partial charge in [0, 0.05) is 30.1 Å². The van der Waals surface area contributed by atoms with E-state index >= 15 is 0 Å². The van der Waals surface area contributed by atoms with E-state index in [2.05, 4.69) is 15.4 Å². The topological polar surface area (TPSA) is 63.9 Å². The van der Waals surface area contributed by atoms with Crippen molar-refractivity contribution in [3.63, 3.8) is 0 Å². The van der Waals surface area contributed by atoms with E-state index < -0.39 is 11.6 Å². The van der Waals surface area contributed by atoms with Gasteiger partial charge in [0.05, 0.1) is 0 Å². The van der Waals surface area contributed by atoms with Gasteiger partial charge in [-0.3, -0.25) is 4.79 Å². The lowest BCUT2D eigenvalue weighted by Gasteiger charge is -2.16. The Balaban J connectivity index is 1.42. The van der Waals surface area contributed by atoms with Crippen molar-refractivity contribution in [1.82, 2.24) is 25.1 Å². The standard InChI is InChI=1S/C20H19F2N5O/c1-13-5-7-14(8-6-13)20-23-25-27(24-20)12-18(28)26-10-9-15(11-26)19-16(21)3-2-4-17(19)22/h2-8,15H,9-12H2,1H3. The number of aromatic nitrogens is 4. The lowest BCUT2D eigenvalue weighted by molar-refractivity contribution is -0.131. The lowest BCUT2D eigenvalue weighted by atomic mass is 9.97. The minimum atomic E-state index is -0.569. The molecule has 0 bridgehead atoms. The predicted molar refractivity (Wildman–Crippen MR) is 98.3 cm³/mol. The van der Waals surface area contributed by atoms with Gasteiger partial charge in [0.1, 0.15) is 18.2 Å². The molecule has 1 saturated heterocycles. The van der Waals surface area contributed by atoms with Crippen LogP contribution >= 0.6 is 0 Å². The number of hydrogen-bond donors (Lipinski definition) is 0. The Bertz CT molecular complexity index is 982. The van der Waals surface area contributed by atoms with Crippen LogP contribution in [0.4, 0.5) is 8.78 Å². The van der Waals surface area contributed by atoms with Gasteiger partial charge in [0.25, 0.3) is 0 Å². The smallest absolute Gasteiger partial charge is 0.246 e. The zero-order valence-corrected chi connectivity index (χ0v) is 15.3. The van der Waals surface area contributed by atoms with Crippen LogP contribution < -0.4 is 0 Å². The average Bonchev–Trinajstić information content (AvgIpc) is 3.32. The van der Waals surface area contributed by atoms with Crippen LogP contribution in [0.15, 0.2) is 42.5 Å². The Kier molecular flexibility index (Phi) is 4.85. The van der Waals surface area contributed by atoms with E-state index in [1.807, 2.05) is 31.2 Å².